The molecule has 20 heavy (non-hydrogen) atoms. The topological polar surface area (TPSA) is 49.3 Å². The summed E-state index contributed by atoms with van der Waals surface area (Å²) >= 11 is 1.31. The second-order valence-corrected chi connectivity index (χ2v) is 5.56. The van der Waals surface area contributed by atoms with E-state index >= 15 is 0 Å². The maximum atomic E-state index is 13.4. The fourth-order valence-electron chi connectivity index (χ4n) is 1.76. The zero-order chi connectivity index (χ0) is 14.7. The highest BCUT2D eigenvalue weighted by atomic mass is 32.1. The van der Waals surface area contributed by atoms with E-state index in [1.165, 1.54) is 17.4 Å². The molecule has 0 bridgehead atoms. The summed E-state index contributed by atoms with van der Waals surface area (Å²) in [6, 6.07) is 6.80. The lowest BCUT2D eigenvalue weighted by molar-refractivity contribution is 0.0915. The van der Waals surface area contributed by atoms with Gasteiger partial charge in [0.2, 0.25) is 0 Å². The van der Waals surface area contributed by atoms with Crippen molar-refractivity contribution in [3.05, 3.63) is 57.3 Å². The van der Waals surface area contributed by atoms with Gasteiger partial charge in [-0.15, -0.1) is 11.3 Å². The van der Waals surface area contributed by atoms with Gasteiger partial charge in [0, 0.05) is 11.4 Å². The van der Waals surface area contributed by atoms with E-state index in [1.54, 1.807) is 12.1 Å². The number of halogens is 2. The molecule has 0 aliphatic carbocycles. The third kappa shape index (κ3) is 3.20. The van der Waals surface area contributed by atoms with Crippen LogP contribution in [0.4, 0.5) is 8.78 Å². The predicted molar refractivity (Wildman–Crippen MR) is 72.7 cm³/mol. The van der Waals surface area contributed by atoms with Gasteiger partial charge in [0.1, 0.15) is 17.7 Å². The minimum absolute atomic E-state index is 0.256. The number of hydrogen-bond acceptors (Lipinski definition) is 3. The molecule has 6 heteroatoms. The van der Waals surface area contributed by atoms with E-state index in [0.717, 1.165) is 17.0 Å². The zero-order valence-electron chi connectivity index (χ0n) is 10.7. The Hall–Kier alpha value is -1.79. The molecule has 3 nitrogen and oxygen atoms in total. The first kappa shape index (κ1) is 14.6. The van der Waals surface area contributed by atoms with Crippen molar-refractivity contribution in [1.82, 2.24) is 5.32 Å². The molecule has 1 atom stereocenters. The van der Waals surface area contributed by atoms with Gasteiger partial charge in [0.05, 0.1) is 10.4 Å². The Labute approximate surface area is 118 Å². The van der Waals surface area contributed by atoms with Crippen molar-refractivity contribution in [2.75, 3.05) is 6.54 Å². The molecule has 1 unspecified atom stereocenters. The number of rotatable bonds is 4. The summed E-state index contributed by atoms with van der Waals surface area (Å²) in [7, 11) is 0. The van der Waals surface area contributed by atoms with Gasteiger partial charge in [0.15, 0.2) is 0 Å². The number of carbonyl (C=O) groups is 1. The van der Waals surface area contributed by atoms with Crippen LogP contribution in [0.3, 0.4) is 0 Å². The molecule has 0 saturated carbocycles. The van der Waals surface area contributed by atoms with E-state index in [-0.39, 0.29) is 12.5 Å². The van der Waals surface area contributed by atoms with Crippen molar-refractivity contribution in [2.45, 2.75) is 13.0 Å². The van der Waals surface area contributed by atoms with Gasteiger partial charge >= 0.3 is 0 Å². The fourth-order valence-corrected chi connectivity index (χ4v) is 2.55. The number of benzene rings is 1. The minimum Gasteiger partial charge on any atom is -0.386 e. The normalized spacial score (nSPS) is 12.2. The molecule has 0 radical (unpaired) electrons. The second-order valence-electron chi connectivity index (χ2n) is 4.27. The number of amides is 1. The quantitative estimate of drug-likeness (QED) is 0.911. The van der Waals surface area contributed by atoms with E-state index in [9.17, 15) is 18.7 Å². The highest BCUT2D eigenvalue weighted by Gasteiger charge is 2.19. The van der Waals surface area contributed by atoms with Crippen LogP contribution in [0.15, 0.2) is 30.3 Å². The number of nitrogens with one attached hydrogen (secondary N) is 1. The molecule has 0 aliphatic rings. The number of hydrogen-bond donors (Lipinski definition) is 2. The van der Waals surface area contributed by atoms with E-state index in [2.05, 4.69) is 5.32 Å². The molecular weight excluding hydrogens is 284 g/mol. The van der Waals surface area contributed by atoms with Gasteiger partial charge in [-0.1, -0.05) is 6.07 Å². The average molecular weight is 297 g/mol. The largest absolute Gasteiger partial charge is 0.386 e. The van der Waals surface area contributed by atoms with E-state index in [1.807, 2.05) is 6.92 Å². The van der Waals surface area contributed by atoms with Crippen molar-refractivity contribution >= 4 is 17.2 Å². The Morgan fingerprint density at radius 2 is 1.95 bits per heavy atom. The summed E-state index contributed by atoms with van der Waals surface area (Å²) in [5.41, 5.74) is -0.435. The van der Waals surface area contributed by atoms with Crippen LogP contribution < -0.4 is 5.32 Å². The Kier molecular flexibility index (Phi) is 4.46. The summed E-state index contributed by atoms with van der Waals surface area (Å²) in [5.74, 6) is -2.05. The van der Waals surface area contributed by atoms with Gasteiger partial charge < -0.3 is 10.4 Å². The molecule has 2 aromatic rings. The van der Waals surface area contributed by atoms with Crippen molar-refractivity contribution in [3.63, 3.8) is 0 Å². The predicted octanol–water partition coefficient (Wildman–Crippen LogP) is 2.80. The second kappa shape index (κ2) is 6.11. The number of carbonyl (C=O) groups excluding carboxylic acids is 1. The molecule has 0 fully saturated rings. The fraction of sp³-hybridized carbons (Fsp3) is 0.214. The summed E-state index contributed by atoms with van der Waals surface area (Å²) in [6.07, 6.45) is -1.43. The molecule has 0 saturated heterocycles. The lowest BCUT2D eigenvalue weighted by Gasteiger charge is -2.13. The molecular formula is C14H13F2NO2S. The summed E-state index contributed by atoms with van der Waals surface area (Å²) in [4.78, 5) is 13.2. The Morgan fingerprint density at radius 1 is 1.30 bits per heavy atom. The maximum Gasteiger partial charge on any atom is 0.261 e. The molecule has 1 aromatic carbocycles. The monoisotopic (exact) mass is 297 g/mol. The van der Waals surface area contributed by atoms with E-state index in [0.29, 0.717) is 4.88 Å². The molecule has 0 spiro atoms. The third-order valence-electron chi connectivity index (χ3n) is 2.75. The lowest BCUT2D eigenvalue weighted by atomic mass is 10.1. The Bertz CT molecular complexity index is 607. The number of aliphatic hydroxyl groups excluding tert-OH is 1. The van der Waals surface area contributed by atoms with Gasteiger partial charge in [0.25, 0.3) is 5.91 Å². The van der Waals surface area contributed by atoms with Crippen LogP contribution in [0, 0.1) is 18.6 Å². The van der Waals surface area contributed by atoms with Crippen LogP contribution in [0.1, 0.15) is 26.2 Å². The summed E-state index contributed by atoms with van der Waals surface area (Å²) < 4.78 is 26.9. The number of thiophene rings is 1. The molecule has 2 rings (SSSR count). The Balaban J connectivity index is 2.02. The zero-order valence-corrected chi connectivity index (χ0v) is 11.5. The summed E-state index contributed by atoms with van der Waals surface area (Å²) in [6.45, 7) is 1.61. The molecule has 106 valence electrons. The van der Waals surface area contributed by atoms with Crippen LogP contribution in [-0.2, 0) is 0 Å². The van der Waals surface area contributed by atoms with Crippen LogP contribution in [0.5, 0.6) is 0 Å². The van der Waals surface area contributed by atoms with Crippen molar-refractivity contribution in [1.29, 1.82) is 0 Å². The molecule has 1 aromatic heterocycles. The Morgan fingerprint density at radius 3 is 2.50 bits per heavy atom. The standard InChI is InChI=1S/C14H13F2NO2S/c1-8-5-6-12(20-8)14(19)17-7-11(18)13-9(15)3-2-4-10(13)16/h2-6,11,18H,7H2,1H3,(H,17,19). The molecule has 2 N–H and O–H groups in total. The number of aryl methyl sites for hydroxylation is 1. The van der Waals surface area contributed by atoms with Gasteiger partial charge in [-0.2, -0.15) is 0 Å². The smallest absolute Gasteiger partial charge is 0.261 e. The first-order chi connectivity index (χ1) is 9.49. The highest BCUT2D eigenvalue weighted by Crippen LogP contribution is 2.20. The van der Waals surface area contributed by atoms with Crippen LogP contribution in [0.2, 0.25) is 0 Å². The highest BCUT2D eigenvalue weighted by molar-refractivity contribution is 7.13. The van der Waals surface area contributed by atoms with E-state index in [4.69, 9.17) is 0 Å². The van der Waals surface area contributed by atoms with Crippen LogP contribution in [-0.4, -0.2) is 17.6 Å². The summed E-state index contributed by atoms with van der Waals surface area (Å²) in [5, 5.41) is 12.2. The van der Waals surface area contributed by atoms with Gasteiger partial charge in [-0.3, -0.25) is 4.79 Å². The van der Waals surface area contributed by atoms with Crippen molar-refractivity contribution < 1.29 is 18.7 Å². The molecule has 1 heterocycles. The first-order valence-electron chi connectivity index (χ1n) is 5.95. The minimum atomic E-state index is -1.43. The van der Waals surface area contributed by atoms with Crippen molar-refractivity contribution in [2.24, 2.45) is 0 Å². The van der Waals surface area contributed by atoms with Crippen LogP contribution >= 0.6 is 11.3 Å². The van der Waals surface area contributed by atoms with Crippen molar-refractivity contribution in [3.8, 4) is 0 Å². The average Bonchev–Trinajstić information content (AvgIpc) is 2.82. The third-order valence-corrected chi connectivity index (χ3v) is 3.75. The van der Waals surface area contributed by atoms with Gasteiger partial charge in [-0.05, 0) is 31.2 Å². The molecule has 1 amide bonds. The van der Waals surface area contributed by atoms with Gasteiger partial charge in [-0.25, -0.2) is 8.78 Å². The maximum absolute atomic E-state index is 13.4. The first-order valence-corrected chi connectivity index (χ1v) is 6.77. The SMILES string of the molecule is Cc1ccc(C(=O)NCC(O)c2c(F)cccc2F)s1. The van der Waals surface area contributed by atoms with Crippen LogP contribution in [0.25, 0.3) is 0 Å². The molecule has 0 aliphatic heterocycles. The van der Waals surface area contributed by atoms with E-state index < -0.39 is 23.3 Å². The number of aliphatic hydroxyl groups is 1. The lowest BCUT2D eigenvalue weighted by Crippen LogP contribution is -2.28.